The van der Waals surface area contributed by atoms with E-state index in [1.165, 1.54) is 7.05 Å². The second-order valence-electron chi connectivity index (χ2n) is 4.48. The lowest BCUT2D eigenvalue weighted by Crippen LogP contribution is -2.08. The summed E-state index contributed by atoms with van der Waals surface area (Å²) in [7, 11) is 1.51. The Labute approximate surface area is 125 Å². The molecular formula is C14H13ClF3N3. The van der Waals surface area contributed by atoms with Crippen LogP contribution in [0.1, 0.15) is 11.1 Å². The van der Waals surface area contributed by atoms with Crippen molar-refractivity contribution >= 4 is 28.9 Å². The van der Waals surface area contributed by atoms with Gasteiger partial charge in [-0.25, -0.2) is 4.98 Å². The van der Waals surface area contributed by atoms with Crippen LogP contribution in [0, 0.1) is 6.92 Å². The Morgan fingerprint density at radius 1 is 1.10 bits per heavy atom. The smallest absolute Gasteiger partial charge is 0.373 e. The Morgan fingerprint density at radius 2 is 1.76 bits per heavy atom. The summed E-state index contributed by atoms with van der Waals surface area (Å²) in [5, 5.41) is 5.83. The predicted molar refractivity (Wildman–Crippen MR) is 78.3 cm³/mol. The third-order valence-electron chi connectivity index (χ3n) is 2.80. The number of nitrogens with zero attached hydrogens (tertiary/aromatic N) is 1. The van der Waals surface area contributed by atoms with Crippen LogP contribution < -0.4 is 10.6 Å². The number of hydrogen-bond acceptors (Lipinski definition) is 3. The molecule has 0 spiro atoms. The van der Waals surface area contributed by atoms with Gasteiger partial charge in [-0.15, -0.1) is 0 Å². The van der Waals surface area contributed by atoms with Crippen LogP contribution in [0.15, 0.2) is 30.3 Å². The van der Waals surface area contributed by atoms with Gasteiger partial charge in [-0.3, -0.25) is 0 Å². The maximum atomic E-state index is 12.8. The van der Waals surface area contributed by atoms with E-state index in [0.717, 1.165) is 17.7 Å². The Bertz CT molecular complexity index is 656. The van der Waals surface area contributed by atoms with E-state index >= 15 is 0 Å². The molecule has 2 rings (SSSR count). The highest BCUT2D eigenvalue weighted by Gasteiger charge is 2.31. The normalized spacial score (nSPS) is 11.3. The highest BCUT2D eigenvalue weighted by atomic mass is 35.5. The molecule has 2 aromatic rings. The highest BCUT2D eigenvalue weighted by molar-refractivity contribution is 6.33. The summed E-state index contributed by atoms with van der Waals surface area (Å²) in [6.45, 7) is 1.87. The van der Waals surface area contributed by atoms with Gasteiger partial charge in [-0.1, -0.05) is 17.7 Å². The number of rotatable bonds is 3. The average molecular weight is 316 g/mol. The van der Waals surface area contributed by atoms with Gasteiger partial charge in [0.2, 0.25) is 0 Å². The molecule has 0 amide bonds. The number of pyridine rings is 1. The lowest BCUT2D eigenvalue weighted by atomic mass is 10.2. The zero-order chi connectivity index (χ0) is 15.6. The summed E-state index contributed by atoms with van der Waals surface area (Å²) < 4.78 is 38.5. The molecule has 0 saturated carbocycles. The molecule has 0 aliphatic rings. The van der Waals surface area contributed by atoms with Crippen molar-refractivity contribution in [1.29, 1.82) is 0 Å². The lowest BCUT2D eigenvalue weighted by molar-refractivity contribution is -0.137. The molecule has 0 aliphatic carbocycles. The molecule has 0 radical (unpaired) electrons. The van der Waals surface area contributed by atoms with Crippen LogP contribution in [0.5, 0.6) is 0 Å². The first-order valence-electron chi connectivity index (χ1n) is 6.10. The summed E-state index contributed by atoms with van der Waals surface area (Å²) in [5.74, 6) is 0.190. The highest BCUT2D eigenvalue weighted by Crippen LogP contribution is 2.33. The van der Waals surface area contributed by atoms with Gasteiger partial charge in [0.25, 0.3) is 0 Å². The van der Waals surface area contributed by atoms with Crippen molar-refractivity contribution in [2.45, 2.75) is 13.1 Å². The molecule has 0 unspecified atom stereocenters. The van der Waals surface area contributed by atoms with Crippen molar-refractivity contribution in [1.82, 2.24) is 4.98 Å². The number of benzene rings is 1. The molecule has 1 aromatic heterocycles. The van der Waals surface area contributed by atoms with Crippen molar-refractivity contribution in [3.8, 4) is 0 Å². The van der Waals surface area contributed by atoms with E-state index in [4.69, 9.17) is 11.6 Å². The van der Waals surface area contributed by atoms with Crippen LogP contribution >= 0.6 is 11.6 Å². The minimum Gasteiger partial charge on any atom is -0.373 e. The molecule has 1 heterocycles. The molecule has 0 bridgehead atoms. The van der Waals surface area contributed by atoms with Gasteiger partial charge in [-0.05, 0) is 36.8 Å². The second kappa shape index (κ2) is 5.81. The SMILES string of the molecule is CNc1cc(C(F)(F)F)cc(Nc2ccc(C)cc2Cl)n1. The molecule has 0 atom stereocenters. The maximum absolute atomic E-state index is 12.8. The minimum absolute atomic E-state index is 0.0694. The molecule has 0 fully saturated rings. The molecule has 2 N–H and O–H groups in total. The molecule has 7 heteroatoms. The number of halogens is 4. The van der Waals surface area contributed by atoms with E-state index in [1.54, 1.807) is 18.2 Å². The number of hydrogen-bond donors (Lipinski definition) is 2. The average Bonchev–Trinajstić information content (AvgIpc) is 2.40. The zero-order valence-corrected chi connectivity index (χ0v) is 12.1. The molecule has 1 aromatic carbocycles. The van der Waals surface area contributed by atoms with E-state index in [1.807, 2.05) is 6.92 Å². The van der Waals surface area contributed by atoms with Crippen LogP contribution in [0.3, 0.4) is 0 Å². The first kappa shape index (κ1) is 15.4. The largest absolute Gasteiger partial charge is 0.416 e. The third-order valence-corrected chi connectivity index (χ3v) is 3.11. The fourth-order valence-corrected chi connectivity index (χ4v) is 2.03. The Balaban J connectivity index is 2.39. The van der Waals surface area contributed by atoms with E-state index in [9.17, 15) is 13.2 Å². The minimum atomic E-state index is -4.44. The Morgan fingerprint density at radius 3 is 2.33 bits per heavy atom. The zero-order valence-electron chi connectivity index (χ0n) is 11.3. The molecule has 21 heavy (non-hydrogen) atoms. The summed E-state index contributed by atoms with van der Waals surface area (Å²) >= 11 is 6.05. The standard InChI is InChI=1S/C14H13ClF3N3/c1-8-3-4-11(10(15)5-8)20-13-7-9(14(16,17)18)6-12(19-2)21-13/h3-7H,1-2H3,(H2,19,20,21). The van der Waals surface area contributed by atoms with Crippen LogP contribution in [0.4, 0.5) is 30.5 Å². The van der Waals surface area contributed by atoms with E-state index in [2.05, 4.69) is 15.6 Å². The van der Waals surface area contributed by atoms with Gasteiger partial charge in [0.05, 0.1) is 16.3 Å². The second-order valence-corrected chi connectivity index (χ2v) is 4.89. The molecule has 0 saturated heterocycles. The first-order chi connectivity index (χ1) is 9.79. The number of alkyl halides is 3. The molecule has 3 nitrogen and oxygen atoms in total. The number of aryl methyl sites for hydroxylation is 1. The topological polar surface area (TPSA) is 37.0 Å². The summed E-state index contributed by atoms with van der Waals surface area (Å²) in [6.07, 6.45) is -4.44. The molecule has 0 aliphatic heterocycles. The van der Waals surface area contributed by atoms with Gasteiger partial charge in [-0.2, -0.15) is 13.2 Å². The molecular weight excluding hydrogens is 303 g/mol. The fourth-order valence-electron chi connectivity index (χ4n) is 1.75. The number of nitrogens with one attached hydrogen (secondary N) is 2. The number of aromatic nitrogens is 1. The van der Waals surface area contributed by atoms with E-state index in [0.29, 0.717) is 10.7 Å². The molecule has 112 valence electrons. The van der Waals surface area contributed by atoms with Gasteiger partial charge in [0.15, 0.2) is 0 Å². The van der Waals surface area contributed by atoms with Crippen LogP contribution in [0.2, 0.25) is 5.02 Å². The van der Waals surface area contributed by atoms with Gasteiger partial charge >= 0.3 is 6.18 Å². The van der Waals surface area contributed by atoms with Gasteiger partial charge in [0.1, 0.15) is 11.6 Å². The monoisotopic (exact) mass is 315 g/mol. The van der Waals surface area contributed by atoms with Crippen molar-refractivity contribution in [2.75, 3.05) is 17.7 Å². The van der Waals surface area contributed by atoms with Crippen LogP contribution in [-0.2, 0) is 6.18 Å². The van der Waals surface area contributed by atoms with E-state index in [-0.39, 0.29) is 11.6 Å². The number of anilines is 3. The van der Waals surface area contributed by atoms with Gasteiger partial charge in [0, 0.05) is 7.05 Å². The lowest BCUT2D eigenvalue weighted by Gasteiger charge is -2.13. The van der Waals surface area contributed by atoms with Crippen molar-refractivity contribution in [3.63, 3.8) is 0 Å². The third kappa shape index (κ3) is 3.78. The van der Waals surface area contributed by atoms with Crippen molar-refractivity contribution < 1.29 is 13.2 Å². The van der Waals surface area contributed by atoms with Crippen LogP contribution in [-0.4, -0.2) is 12.0 Å². The fraction of sp³-hybridized carbons (Fsp3) is 0.214. The van der Waals surface area contributed by atoms with Crippen LogP contribution in [0.25, 0.3) is 0 Å². The maximum Gasteiger partial charge on any atom is 0.416 e. The summed E-state index contributed by atoms with van der Waals surface area (Å²) in [6, 6.07) is 7.11. The summed E-state index contributed by atoms with van der Waals surface area (Å²) in [5.41, 5.74) is 0.669. The van der Waals surface area contributed by atoms with E-state index < -0.39 is 11.7 Å². The predicted octanol–water partition coefficient (Wildman–Crippen LogP) is 4.85. The van der Waals surface area contributed by atoms with Crippen molar-refractivity contribution in [3.05, 3.63) is 46.5 Å². The summed E-state index contributed by atoms with van der Waals surface area (Å²) in [4.78, 5) is 4.04. The van der Waals surface area contributed by atoms with Crippen molar-refractivity contribution in [2.24, 2.45) is 0 Å². The quantitative estimate of drug-likeness (QED) is 0.850. The Kier molecular flexibility index (Phi) is 4.27. The van der Waals surface area contributed by atoms with Gasteiger partial charge < -0.3 is 10.6 Å². The first-order valence-corrected chi connectivity index (χ1v) is 6.47. The Hall–Kier alpha value is -1.95.